The molecule has 3 N–H and O–H groups in total. The number of aromatic nitrogens is 5. The molecule has 0 bridgehead atoms. The lowest BCUT2D eigenvalue weighted by atomic mass is 10.1. The van der Waals surface area contributed by atoms with E-state index >= 15 is 0 Å². The Morgan fingerprint density at radius 1 is 1.28 bits per heavy atom. The fourth-order valence-corrected chi connectivity index (χ4v) is 3.08. The van der Waals surface area contributed by atoms with Gasteiger partial charge in [0, 0.05) is 29.7 Å². The average Bonchev–Trinajstić information content (AvgIpc) is 3.38. The molecule has 0 amide bonds. The number of aliphatic imine (C=N–C) groups is 1. The second-order valence-corrected chi connectivity index (χ2v) is 7.67. The number of rotatable bonds is 8. The van der Waals surface area contributed by atoms with E-state index in [0.717, 1.165) is 29.6 Å². The minimum atomic E-state index is -0.594. The Balaban J connectivity index is 2.07. The van der Waals surface area contributed by atoms with Crippen molar-refractivity contribution in [3.63, 3.8) is 0 Å². The summed E-state index contributed by atoms with van der Waals surface area (Å²) in [4.78, 5) is 9.28. The standard InChI is InChI=1S/C21H29N7O/c1-5-17(6-2)27-12-16(11-25-27)20-19-7-8-24-28(19)13-18(26-20)15(9-22)10-23-21(3,4)14-29/h7-13,17,29H,5-6,14,22H2,1-4H3. The molecule has 29 heavy (non-hydrogen) atoms. The molecule has 3 rings (SSSR count). The molecule has 0 spiro atoms. The predicted molar refractivity (Wildman–Crippen MR) is 116 cm³/mol. The number of hydrogen-bond donors (Lipinski definition) is 2. The highest BCUT2D eigenvalue weighted by atomic mass is 16.3. The number of nitrogens with two attached hydrogens (primary N) is 1. The van der Waals surface area contributed by atoms with E-state index < -0.39 is 5.54 Å². The Kier molecular flexibility index (Phi) is 6.12. The van der Waals surface area contributed by atoms with Gasteiger partial charge < -0.3 is 10.8 Å². The first kappa shape index (κ1) is 20.7. The molecule has 0 aliphatic carbocycles. The number of aliphatic hydroxyl groups excluding tert-OH is 1. The number of hydrogen-bond acceptors (Lipinski definition) is 6. The van der Waals surface area contributed by atoms with Gasteiger partial charge in [-0.1, -0.05) is 13.8 Å². The predicted octanol–water partition coefficient (Wildman–Crippen LogP) is 3.10. The maximum absolute atomic E-state index is 9.44. The molecule has 0 atom stereocenters. The highest BCUT2D eigenvalue weighted by molar-refractivity contribution is 6.09. The van der Waals surface area contributed by atoms with Crippen LogP contribution in [0.1, 0.15) is 52.3 Å². The summed E-state index contributed by atoms with van der Waals surface area (Å²) in [5.74, 6) is 0. The van der Waals surface area contributed by atoms with E-state index in [-0.39, 0.29) is 6.61 Å². The molecule has 0 aliphatic rings. The van der Waals surface area contributed by atoms with Crippen LogP contribution in [0.15, 0.2) is 42.0 Å². The van der Waals surface area contributed by atoms with Crippen LogP contribution in [0.25, 0.3) is 22.3 Å². The molecule has 3 aromatic rings. The van der Waals surface area contributed by atoms with E-state index in [1.165, 1.54) is 6.20 Å². The molecular formula is C21H29N7O. The van der Waals surface area contributed by atoms with Gasteiger partial charge in [0.15, 0.2) is 0 Å². The van der Waals surface area contributed by atoms with Crippen molar-refractivity contribution in [2.24, 2.45) is 10.7 Å². The van der Waals surface area contributed by atoms with Crippen molar-refractivity contribution < 1.29 is 5.11 Å². The van der Waals surface area contributed by atoms with Crippen LogP contribution in [0.2, 0.25) is 0 Å². The molecule has 0 aromatic carbocycles. The summed E-state index contributed by atoms with van der Waals surface area (Å²) in [7, 11) is 0. The Labute approximate surface area is 170 Å². The fraction of sp³-hybridized carbons (Fsp3) is 0.429. The topological polar surface area (TPSA) is 107 Å². The quantitative estimate of drug-likeness (QED) is 0.570. The second kappa shape index (κ2) is 8.57. The van der Waals surface area contributed by atoms with Crippen LogP contribution < -0.4 is 5.73 Å². The first-order valence-corrected chi connectivity index (χ1v) is 9.89. The van der Waals surface area contributed by atoms with Crippen molar-refractivity contribution in [3.05, 3.63) is 42.7 Å². The van der Waals surface area contributed by atoms with Gasteiger partial charge in [0.25, 0.3) is 0 Å². The van der Waals surface area contributed by atoms with Crippen molar-refractivity contribution in [2.45, 2.75) is 52.1 Å². The van der Waals surface area contributed by atoms with Gasteiger partial charge in [-0.2, -0.15) is 10.2 Å². The van der Waals surface area contributed by atoms with Gasteiger partial charge in [-0.3, -0.25) is 9.67 Å². The van der Waals surface area contributed by atoms with Crippen LogP contribution in [0.5, 0.6) is 0 Å². The van der Waals surface area contributed by atoms with E-state index in [4.69, 9.17) is 10.7 Å². The highest BCUT2D eigenvalue weighted by Gasteiger charge is 2.17. The van der Waals surface area contributed by atoms with Gasteiger partial charge in [0.2, 0.25) is 0 Å². The third kappa shape index (κ3) is 4.37. The first-order valence-electron chi connectivity index (χ1n) is 9.89. The van der Waals surface area contributed by atoms with Gasteiger partial charge in [-0.15, -0.1) is 0 Å². The zero-order valence-corrected chi connectivity index (χ0v) is 17.4. The molecule has 8 heteroatoms. The van der Waals surface area contributed by atoms with Crippen molar-refractivity contribution in [3.8, 4) is 11.3 Å². The maximum Gasteiger partial charge on any atom is 0.0999 e. The lowest BCUT2D eigenvalue weighted by Gasteiger charge is -2.15. The molecule has 154 valence electrons. The first-order chi connectivity index (χ1) is 13.9. The molecule has 0 saturated heterocycles. The van der Waals surface area contributed by atoms with Crippen LogP contribution in [-0.4, -0.2) is 47.8 Å². The van der Waals surface area contributed by atoms with Gasteiger partial charge in [-0.05, 0) is 32.8 Å². The molecule has 0 saturated carbocycles. The van der Waals surface area contributed by atoms with Crippen molar-refractivity contribution >= 4 is 17.3 Å². The van der Waals surface area contributed by atoms with Gasteiger partial charge in [-0.25, -0.2) is 9.50 Å². The zero-order valence-electron chi connectivity index (χ0n) is 17.4. The van der Waals surface area contributed by atoms with Gasteiger partial charge in [0.05, 0.1) is 53.7 Å². The van der Waals surface area contributed by atoms with E-state index in [2.05, 4.69) is 29.0 Å². The Bertz CT molecular complexity index is 1020. The van der Waals surface area contributed by atoms with Crippen molar-refractivity contribution in [1.82, 2.24) is 24.4 Å². The molecular weight excluding hydrogens is 366 g/mol. The van der Waals surface area contributed by atoms with E-state index in [1.807, 2.05) is 43.2 Å². The average molecular weight is 396 g/mol. The highest BCUT2D eigenvalue weighted by Crippen LogP contribution is 2.26. The normalized spacial score (nSPS) is 13.2. The SMILES string of the molecule is CCC(CC)n1cc(-c2nc(C(C=NC(C)(C)CO)=CN)cn3nccc23)cn1. The summed E-state index contributed by atoms with van der Waals surface area (Å²) in [5, 5.41) is 18.4. The number of allylic oxidation sites excluding steroid dienone is 1. The summed E-state index contributed by atoms with van der Waals surface area (Å²) in [5.41, 5.74) is 9.16. The lowest BCUT2D eigenvalue weighted by Crippen LogP contribution is -2.22. The molecule has 3 heterocycles. The van der Waals surface area contributed by atoms with Crippen LogP contribution in [0.4, 0.5) is 0 Å². The number of nitrogens with zero attached hydrogens (tertiary/aromatic N) is 6. The van der Waals surface area contributed by atoms with Gasteiger partial charge >= 0.3 is 0 Å². The smallest absolute Gasteiger partial charge is 0.0999 e. The minimum Gasteiger partial charge on any atom is -0.404 e. The summed E-state index contributed by atoms with van der Waals surface area (Å²) in [6, 6.07) is 2.29. The summed E-state index contributed by atoms with van der Waals surface area (Å²) < 4.78 is 3.78. The molecule has 0 radical (unpaired) electrons. The summed E-state index contributed by atoms with van der Waals surface area (Å²) >= 11 is 0. The second-order valence-electron chi connectivity index (χ2n) is 7.67. The van der Waals surface area contributed by atoms with Crippen molar-refractivity contribution in [1.29, 1.82) is 0 Å². The monoisotopic (exact) mass is 395 g/mol. The van der Waals surface area contributed by atoms with Crippen LogP contribution in [0, 0.1) is 0 Å². The Morgan fingerprint density at radius 3 is 2.69 bits per heavy atom. The summed E-state index contributed by atoms with van der Waals surface area (Å²) in [6.45, 7) is 7.95. The molecule has 0 aliphatic heterocycles. The Hall–Kier alpha value is -3.00. The molecule has 0 fully saturated rings. The lowest BCUT2D eigenvalue weighted by molar-refractivity contribution is 0.223. The Morgan fingerprint density at radius 2 is 2.03 bits per heavy atom. The molecule has 8 nitrogen and oxygen atoms in total. The van der Waals surface area contributed by atoms with Crippen LogP contribution >= 0.6 is 0 Å². The number of aliphatic hydroxyl groups is 1. The largest absolute Gasteiger partial charge is 0.404 e. The zero-order chi connectivity index (χ0) is 21.0. The van der Waals surface area contributed by atoms with Crippen LogP contribution in [-0.2, 0) is 0 Å². The van der Waals surface area contributed by atoms with Gasteiger partial charge in [0.1, 0.15) is 0 Å². The number of fused-ring (bicyclic) bond motifs is 1. The maximum atomic E-state index is 9.44. The minimum absolute atomic E-state index is 0.0621. The van der Waals surface area contributed by atoms with E-state index in [9.17, 15) is 5.11 Å². The van der Waals surface area contributed by atoms with E-state index in [1.54, 1.807) is 16.9 Å². The fourth-order valence-electron chi connectivity index (χ4n) is 3.08. The van der Waals surface area contributed by atoms with Crippen LogP contribution in [0.3, 0.4) is 0 Å². The third-order valence-corrected chi connectivity index (χ3v) is 5.00. The third-order valence-electron chi connectivity index (χ3n) is 5.00. The summed E-state index contributed by atoms with van der Waals surface area (Å²) in [6.07, 6.45) is 12.6. The van der Waals surface area contributed by atoms with E-state index in [0.29, 0.717) is 17.3 Å². The van der Waals surface area contributed by atoms with Crippen molar-refractivity contribution in [2.75, 3.05) is 6.61 Å². The molecule has 0 unspecified atom stereocenters. The molecule has 3 aromatic heterocycles.